The summed E-state index contributed by atoms with van der Waals surface area (Å²) in [5.74, 6) is 0.0116. The topological polar surface area (TPSA) is 55.2 Å². The highest BCUT2D eigenvalue weighted by atomic mass is 32.2. The Labute approximate surface area is 216 Å². The van der Waals surface area contributed by atoms with E-state index in [9.17, 15) is 12.8 Å². The third kappa shape index (κ3) is 4.22. The fourth-order valence-corrected chi connectivity index (χ4v) is 7.44. The van der Waals surface area contributed by atoms with E-state index >= 15 is 0 Å². The van der Waals surface area contributed by atoms with Gasteiger partial charge in [0.15, 0.2) is 0 Å². The highest BCUT2D eigenvalue weighted by Gasteiger charge is 2.33. The van der Waals surface area contributed by atoms with Crippen LogP contribution in [0.15, 0.2) is 90.0 Å². The second-order valence-electron chi connectivity index (χ2n) is 9.74. The Morgan fingerprint density at radius 3 is 2.51 bits per heavy atom. The number of piperidine rings is 1. The predicted octanol–water partition coefficient (Wildman–Crippen LogP) is 6.25. The first-order valence-corrected chi connectivity index (χ1v) is 14.0. The molecular formula is C30H28FN3O2S. The van der Waals surface area contributed by atoms with Gasteiger partial charge in [-0.3, -0.25) is 4.98 Å². The first kappa shape index (κ1) is 23.8. The molecule has 6 rings (SSSR count). The van der Waals surface area contributed by atoms with Gasteiger partial charge in [0.05, 0.1) is 5.52 Å². The molecule has 0 spiro atoms. The molecule has 3 heterocycles. The number of nitrogens with zero attached hydrogens (tertiary/aromatic N) is 3. The van der Waals surface area contributed by atoms with E-state index in [2.05, 4.69) is 28.6 Å². The summed E-state index contributed by atoms with van der Waals surface area (Å²) in [7, 11) is -3.66. The smallest absolute Gasteiger partial charge is 0.245 e. The maximum absolute atomic E-state index is 13.9. The molecule has 1 saturated heterocycles. The Morgan fingerprint density at radius 1 is 0.946 bits per heavy atom. The van der Waals surface area contributed by atoms with Crippen molar-refractivity contribution in [2.24, 2.45) is 0 Å². The van der Waals surface area contributed by atoms with Crippen LogP contribution in [0, 0.1) is 12.7 Å². The largest absolute Gasteiger partial charge is 0.340 e. The summed E-state index contributed by atoms with van der Waals surface area (Å²) in [4.78, 5) is 4.63. The van der Waals surface area contributed by atoms with Crippen LogP contribution in [0.3, 0.4) is 0 Å². The Morgan fingerprint density at radius 2 is 1.70 bits per heavy atom. The van der Waals surface area contributed by atoms with E-state index in [1.54, 1.807) is 34.8 Å². The maximum atomic E-state index is 13.9. The minimum Gasteiger partial charge on any atom is -0.340 e. The lowest BCUT2D eigenvalue weighted by atomic mass is 9.88. The number of benzene rings is 3. The Hall–Kier alpha value is -3.55. The van der Waals surface area contributed by atoms with Gasteiger partial charge in [0.2, 0.25) is 10.0 Å². The van der Waals surface area contributed by atoms with Crippen LogP contribution in [0.2, 0.25) is 0 Å². The Bertz CT molecular complexity index is 1710. The minimum atomic E-state index is -3.66. The number of fused-ring (bicyclic) bond motifs is 2. The summed E-state index contributed by atoms with van der Waals surface area (Å²) in [6, 6.07) is 24.1. The van der Waals surface area contributed by atoms with Crippen LogP contribution in [0.25, 0.3) is 21.8 Å². The molecule has 188 valence electrons. The van der Waals surface area contributed by atoms with Crippen molar-refractivity contribution in [2.75, 3.05) is 13.1 Å². The van der Waals surface area contributed by atoms with Gasteiger partial charge >= 0.3 is 0 Å². The van der Waals surface area contributed by atoms with Crippen LogP contribution in [-0.4, -0.2) is 35.4 Å². The average Bonchev–Trinajstić information content (AvgIpc) is 3.19. The second kappa shape index (κ2) is 9.39. The summed E-state index contributed by atoms with van der Waals surface area (Å²) in [5.41, 5.74) is 4.99. The van der Waals surface area contributed by atoms with Crippen molar-refractivity contribution in [3.63, 3.8) is 0 Å². The van der Waals surface area contributed by atoms with E-state index in [-0.39, 0.29) is 16.6 Å². The van der Waals surface area contributed by atoms with E-state index in [1.165, 1.54) is 17.0 Å². The number of hydrogen-bond donors (Lipinski definition) is 0. The van der Waals surface area contributed by atoms with E-state index in [0.717, 1.165) is 35.0 Å². The highest BCUT2D eigenvalue weighted by molar-refractivity contribution is 7.89. The molecule has 0 amide bonds. The molecule has 1 aliphatic rings. The van der Waals surface area contributed by atoms with Crippen molar-refractivity contribution in [3.8, 4) is 0 Å². The number of rotatable bonds is 5. The zero-order valence-electron chi connectivity index (χ0n) is 20.6. The summed E-state index contributed by atoms with van der Waals surface area (Å²) < 4.78 is 44.9. The van der Waals surface area contributed by atoms with Gasteiger partial charge in [-0.15, -0.1) is 0 Å². The third-order valence-corrected chi connectivity index (χ3v) is 9.52. The van der Waals surface area contributed by atoms with Crippen LogP contribution in [0.1, 0.15) is 35.6 Å². The van der Waals surface area contributed by atoms with Crippen molar-refractivity contribution in [2.45, 2.75) is 37.1 Å². The standard InChI is InChI=1S/C30H28FN3O2S/c1-21-29(26-11-2-3-12-27(26)34(21)20-22-7-4-10-25(31)19-22)23-14-17-33(18-15-23)37(35,36)28-13-5-8-24-9-6-16-32-30(24)28/h2-13,16,19,23H,14-15,17-18,20H2,1H3. The van der Waals surface area contributed by atoms with Crippen LogP contribution >= 0.6 is 0 Å². The van der Waals surface area contributed by atoms with Gasteiger partial charge in [-0.25, -0.2) is 12.8 Å². The lowest BCUT2D eigenvalue weighted by molar-refractivity contribution is 0.320. The highest BCUT2D eigenvalue weighted by Crippen LogP contribution is 2.39. The first-order chi connectivity index (χ1) is 17.9. The SMILES string of the molecule is Cc1c(C2CCN(S(=O)(=O)c3cccc4cccnc34)CC2)c2ccccc2n1Cc1cccc(F)c1. The van der Waals surface area contributed by atoms with Crippen molar-refractivity contribution in [1.29, 1.82) is 0 Å². The minimum absolute atomic E-state index is 0.234. The van der Waals surface area contributed by atoms with Gasteiger partial charge in [0.1, 0.15) is 10.7 Å². The van der Waals surface area contributed by atoms with Gasteiger partial charge in [-0.2, -0.15) is 4.31 Å². The lowest BCUT2D eigenvalue weighted by Crippen LogP contribution is -2.38. The van der Waals surface area contributed by atoms with Crippen LogP contribution in [0.5, 0.6) is 0 Å². The number of para-hydroxylation sites is 2. The summed E-state index contributed by atoms with van der Waals surface area (Å²) in [6.45, 7) is 3.63. The van der Waals surface area contributed by atoms with Crippen molar-refractivity contribution in [1.82, 2.24) is 13.9 Å². The molecule has 1 aliphatic heterocycles. The van der Waals surface area contributed by atoms with E-state index < -0.39 is 10.0 Å². The fraction of sp³-hybridized carbons (Fsp3) is 0.233. The van der Waals surface area contributed by atoms with Crippen molar-refractivity contribution in [3.05, 3.63) is 108 Å². The maximum Gasteiger partial charge on any atom is 0.245 e. The van der Waals surface area contributed by atoms with Gasteiger partial charge in [0, 0.05) is 47.8 Å². The van der Waals surface area contributed by atoms with Gasteiger partial charge < -0.3 is 4.57 Å². The molecule has 0 radical (unpaired) electrons. The number of pyridine rings is 1. The van der Waals surface area contributed by atoms with Gasteiger partial charge in [-0.1, -0.05) is 48.5 Å². The normalized spacial score (nSPS) is 15.5. The zero-order chi connectivity index (χ0) is 25.6. The van der Waals surface area contributed by atoms with Crippen LogP contribution in [-0.2, 0) is 16.6 Å². The fourth-order valence-electron chi connectivity index (χ4n) is 5.80. The lowest BCUT2D eigenvalue weighted by Gasteiger charge is -2.32. The first-order valence-electron chi connectivity index (χ1n) is 12.6. The van der Waals surface area contributed by atoms with Gasteiger partial charge in [0.25, 0.3) is 0 Å². The molecule has 5 nitrogen and oxygen atoms in total. The molecule has 0 saturated carbocycles. The predicted molar refractivity (Wildman–Crippen MR) is 145 cm³/mol. The monoisotopic (exact) mass is 513 g/mol. The van der Waals surface area contributed by atoms with Crippen molar-refractivity contribution >= 4 is 31.8 Å². The molecule has 0 unspecified atom stereocenters. The van der Waals surface area contributed by atoms with E-state index in [0.29, 0.717) is 25.2 Å². The molecule has 0 aliphatic carbocycles. The Balaban J connectivity index is 1.30. The van der Waals surface area contributed by atoms with E-state index in [1.807, 2.05) is 36.4 Å². The number of halogens is 1. The second-order valence-corrected chi connectivity index (χ2v) is 11.6. The Kier molecular flexibility index (Phi) is 6.05. The molecule has 37 heavy (non-hydrogen) atoms. The van der Waals surface area contributed by atoms with Gasteiger partial charge in [-0.05, 0) is 67.1 Å². The molecule has 2 aromatic heterocycles. The van der Waals surface area contributed by atoms with Crippen LogP contribution < -0.4 is 0 Å². The molecular weight excluding hydrogens is 485 g/mol. The number of sulfonamides is 1. The number of aromatic nitrogens is 2. The summed E-state index contributed by atoms with van der Waals surface area (Å²) >= 11 is 0. The molecule has 3 aromatic carbocycles. The van der Waals surface area contributed by atoms with Crippen molar-refractivity contribution < 1.29 is 12.8 Å². The van der Waals surface area contributed by atoms with E-state index in [4.69, 9.17) is 0 Å². The summed E-state index contributed by atoms with van der Waals surface area (Å²) in [5, 5.41) is 2.01. The number of hydrogen-bond acceptors (Lipinski definition) is 3. The van der Waals surface area contributed by atoms with Crippen LogP contribution in [0.4, 0.5) is 4.39 Å². The molecule has 0 bridgehead atoms. The zero-order valence-corrected chi connectivity index (χ0v) is 21.5. The molecule has 1 fully saturated rings. The average molecular weight is 514 g/mol. The quantitative estimate of drug-likeness (QED) is 0.279. The summed E-state index contributed by atoms with van der Waals surface area (Å²) in [6.07, 6.45) is 3.12. The molecule has 0 atom stereocenters. The molecule has 7 heteroatoms. The molecule has 0 N–H and O–H groups in total. The third-order valence-electron chi connectivity index (χ3n) is 7.59. The molecule has 5 aromatic rings.